The first-order chi connectivity index (χ1) is 12.3. The van der Waals surface area contributed by atoms with E-state index in [0.717, 1.165) is 10.0 Å². The van der Waals surface area contributed by atoms with Gasteiger partial charge < -0.3 is 10.6 Å². The Morgan fingerprint density at radius 3 is 2.38 bits per heavy atom. The molecule has 0 heterocycles. The molecule has 2 aromatic rings. The molecule has 0 bridgehead atoms. The first kappa shape index (κ1) is 20.1. The number of anilines is 1. The number of hydrogen-bond acceptors (Lipinski definition) is 4. The average Bonchev–Trinajstić information content (AvgIpc) is 2.61. The number of carbonyl (C=O) groups is 2. The maximum atomic E-state index is 12.1. The summed E-state index contributed by atoms with van der Waals surface area (Å²) in [5.41, 5.74) is 1.53. The van der Waals surface area contributed by atoms with Gasteiger partial charge in [0.1, 0.15) is 0 Å². The molecule has 0 saturated carbocycles. The molecule has 0 aliphatic carbocycles. The van der Waals surface area contributed by atoms with Crippen molar-refractivity contribution in [1.82, 2.24) is 5.32 Å². The zero-order chi connectivity index (χ0) is 19.2. The second-order valence-corrected chi connectivity index (χ2v) is 8.69. The van der Waals surface area contributed by atoms with E-state index in [4.69, 9.17) is 0 Å². The van der Waals surface area contributed by atoms with Crippen LogP contribution in [0.4, 0.5) is 5.69 Å². The molecule has 0 saturated heterocycles. The second-order valence-electron chi connectivity index (χ2n) is 5.67. The number of halogens is 1. The van der Waals surface area contributed by atoms with E-state index in [1.165, 1.54) is 12.1 Å². The summed E-state index contributed by atoms with van der Waals surface area (Å²) in [6.07, 6.45) is -0.207. The van der Waals surface area contributed by atoms with Crippen LogP contribution >= 0.6 is 15.9 Å². The predicted molar refractivity (Wildman–Crippen MR) is 104 cm³/mol. The van der Waals surface area contributed by atoms with Gasteiger partial charge >= 0.3 is 0 Å². The van der Waals surface area contributed by atoms with Gasteiger partial charge in [0, 0.05) is 16.6 Å². The SMILES string of the molecule is Cc1cc(Br)ccc1NC(=O)CNC(=O)CCS(=O)(=O)c1ccccc1. The molecule has 0 aliphatic heterocycles. The Morgan fingerprint density at radius 1 is 1.04 bits per heavy atom. The highest BCUT2D eigenvalue weighted by Crippen LogP contribution is 2.19. The summed E-state index contributed by atoms with van der Waals surface area (Å²) in [4.78, 5) is 23.9. The number of rotatable bonds is 7. The van der Waals surface area contributed by atoms with Crippen LogP contribution in [0.1, 0.15) is 12.0 Å². The molecule has 0 atom stereocenters. The minimum Gasteiger partial charge on any atom is -0.347 e. The third kappa shape index (κ3) is 5.96. The summed E-state index contributed by atoms with van der Waals surface area (Å²) in [7, 11) is -3.52. The van der Waals surface area contributed by atoms with Gasteiger partial charge in [0.05, 0.1) is 17.2 Å². The molecule has 6 nitrogen and oxygen atoms in total. The van der Waals surface area contributed by atoms with Crippen molar-refractivity contribution in [3.63, 3.8) is 0 Å². The van der Waals surface area contributed by atoms with Crippen LogP contribution in [0.3, 0.4) is 0 Å². The average molecular weight is 439 g/mol. The molecule has 2 amide bonds. The number of hydrogen-bond donors (Lipinski definition) is 2. The summed E-state index contributed by atoms with van der Waals surface area (Å²) >= 11 is 3.34. The van der Waals surface area contributed by atoms with E-state index >= 15 is 0 Å². The fourth-order valence-corrected chi connectivity index (χ4v) is 3.94. The Hall–Kier alpha value is -2.19. The molecule has 26 heavy (non-hydrogen) atoms. The van der Waals surface area contributed by atoms with Crippen molar-refractivity contribution >= 4 is 43.3 Å². The van der Waals surface area contributed by atoms with Crippen molar-refractivity contribution < 1.29 is 18.0 Å². The molecule has 8 heteroatoms. The van der Waals surface area contributed by atoms with Gasteiger partial charge in [0.25, 0.3) is 0 Å². The molecule has 0 fully saturated rings. The van der Waals surface area contributed by atoms with Crippen molar-refractivity contribution in [2.24, 2.45) is 0 Å². The monoisotopic (exact) mass is 438 g/mol. The Labute approximate surface area is 161 Å². The largest absolute Gasteiger partial charge is 0.347 e. The van der Waals surface area contributed by atoms with Crippen LogP contribution in [0, 0.1) is 6.92 Å². The standard InChI is InChI=1S/C18H19BrN2O4S/c1-13-11-14(19)7-8-16(13)21-18(23)12-20-17(22)9-10-26(24,25)15-5-3-2-4-6-15/h2-8,11H,9-10,12H2,1H3,(H,20,22)(H,21,23). The highest BCUT2D eigenvalue weighted by Gasteiger charge is 2.16. The first-order valence-corrected chi connectivity index (χ1v) is 10.3. The summed E-state index contributed by atoms with van der Waals surface area (Å²) < 4.78 is 25.1. The highest BCUT2D eigenvalue weighted by molar-refractivity contribution is 9.10. The molecule has 0 aliphatic rings. The predicted octanol–water partition coefficient (Wildman–Crippen LogP) is 2.68. The quantitative estimate of drug-likeness (QED) is 0.694. The van der Waals surface area contributed by atoms with Gasteiger partial charge in [-0.05, 0) is 42.8 Å². The summed E-state index contributed by atoms with van der Waals surface area (Å²) in [5.74, 6) is -1.18. The van der Waals surface area contributed by atoms with Crippen LogP contribution in [-0.2, 0) is 19.4 Å². The lowest BCUT2D eigenvalue weighted by Crippen LogP contribution is -2.33. The molecule has 0 unspecified atom stereocenters. The number of sulfone groups is 1. The molecule has 2 rings (SSSR count). The summed E-state index contributed by atoms with van der Waals surface area (Å²) in [5, 5.41) is 5.13. The van der Waals surface area contributed by atoms with E-state index in [9.17, 15) is 18.0 Å². The molecule has 0 aromatic heterocycles. The van der Waals surface area contributed by atoms with Crippen LogP contribution in [0.5, 0.6) is 0 Å². The number of nitrogens with one attached hydrogen (secondary N) is 2. The fraction of sp³-hybridized carbons (Fsp3) is 0.222. The van der Waals surface area contributed by atoms with Gasteiger partial charge in [-0.15, -0.1) is 0 Å². The van der Waals surface area contributed by atoms with E-state index in [2.05, 4.69) is 26.6 Å². The second kappa shape index (κ2) is 8.95. The third-order valence-electron chi connectivity index (χ3n) is 3.61. The lowest BCUT2D eigenvalue weighted by molar-refractivity contribution is -0.123. The van der Waals surface area contributed by atoms with Crippen LogP contribution in [0.2, 0.25) is 0 Å². The van der Waals surface area contributed by atoms with Crippen molar-refractivity contribution in [2.45, 2.75) is 18.2 Å². The van der Waals surface area contributed by atoms with Crippen molar-refractivity contribution in [1.29, 1.82) is 0 Å². The molecule has 2 N–H and O–H groups in total. The third-order valence-corrected chi connectivity index (χ3v) is 5.83. The number of benzene rings is 2. The van der Waals surface area contributed by atoms with Crippen LogP contribution in [-0.4, -0.2) is 32.5 Å². The lowest BCUT2D eigenvalue weighted by atomic mass is 10.2. The normalized spacial score (nSPS) is 11.0. The van der Waals surface area contributed by atoms with Gasteiger partial charge in [0.15, 0.2) is 9.84 Å². The van der Waals surface area contributed by atoms with E-state index in [0.29, 0.717) is 5.69 Å². The minimum absolute atomic E-state index is 0.177. The number of carbonyl (C=O) groups excluding carboxylic acids is 2. The highest BCUT2D eigenvalue weighted by atomic mass is 79.9. The maximum absolute atomic E-state index is 12.1. The molecule has 2 aromatic carbocycles. The van der Waals surface area contributed by atoms with E-state index in [1.54, 1.807) is 30.3 Å². The van der Waals surface area contributed by atoms with Gasteiger partial charge in [-0.2, -0.15) is 0 Å². The van der Waals surface area contributed by atoms with E-state index < -0.39 is 15.7 Å². The van der Waals surface area contributed by atoms with Crippen LogP contribution < -0.4 is 10.6 Å². The van der Waals surface area contributed by atoms with Crippen LogP contribution in [0.25, 0.3) is 0 Å². The first-order valence-electron chi connectivity index (χ1n) is 7.88. The zero-order valence-electron chi connectivity index (χ0n) is 14.2. The summed E-state index contributed by atoms with van der Waals surface area (Å²) in [6, 6.07) is 13.4. The maximum Gasteiger partial charge on any atom is 0.243 e. The van der Waals surface area contributed by atoms with E-state index in [1.807, 2.05) is 13.0 Å². The lowest BCUT2D eigenvalue weighted by Gasteiger charge is -2.10. The molecule has 138 valence electrons. The minimum atomic E-state index is -3.52. The van der Waals surface area contributed by atoms with Crippen molar-refractivity contribution in [3.05, 3.63) is 58.6 Å². The molecule has 0 radical (unpaired) electrons. The number of aryl methyl sites for hydroxylation is 1. The van der Waals surface area contributed by atoms with Gasteiger partial charge in [-0.25, -0.2) is 8.42 Å². The Balaban J connectivity index is 1.80. The Kier molecular flexibility index (Phi) is 6.93. The molecular weight excluding hydrogens is 420 g/mol. The van der Waals surface area contributed by atoms with Gasteiger partial charge in [-0.3, -0.25) is 9.59 Å². The van der Waals surface area contributed by atoms with Crippen molar-refractivity contribution in [3.8, 4) is 0 Å². The van der Waals surface area contributed by atoms with E-state index in [-0.39, 0.29) is 29.5 Å². The van der Waals surface area contributed by atoms with Crippen LogP contribution in [0.15, 0.2) is 57.9 Å². The Morgan fingerprint density at radius 2 is 1.73 bits per heavy atom. The topological polar surface area (TPSA) is 92.3 Å². The molecular formula is C18H19BrN2O4S. The summed E-state index contributed by atoms with van der Waals surface area (Å²) in [6.45, 7) is 1.63. The molecule has 0 spiro atoms. The Bertz CT molecular complexity index is 899. The van der Waals surface area contributed by atoms with Gasteiger partial charge in [-0.1, -0.05) is 34.1 Å². The van der Waals surface area contributed by atoms with Crippen molar-refractivity contribution in [2.75, 3.05) is 17.6 Å². The zero-order valence-corrected chi connectivity index (χ0v) is 16.6. The number of amides is 2. The fourth-order valence-electron chi connectivity index (χ4n) is 2.20. The van der Waals surface area contributed by atoms with Gasteiger partial charge in [0.2, 0.25) is 11.8 Å². The smallest absolute Gasteiger partial charge is 0.243 e.